The van der Waals surface area contributed by atoms with Crippen molar-refractivity contribution in [2.24, 2.45) is 5.92 Å². The maximum absolute atomic E-state index is 13.0. The molecule has 1 saturated carbocycles. The van der Waals surface area contributed by atoms with Crippen LogP contribution >= 0.6 is 11.8 Å². The summed E-state index contributed by atoms with van der Waals surface area (Å²) in [6.45, 7) is 1.22. The van der Waals surface area contributed by atoms with Gasteiger partial charge in [0.15, 0.2) is 0 Å². The van der Waals surface area contributed by atoms with Crippen molar-refractivity contribution < 1.29 is 14.6 Å². The van der Waals surface area contributed by atoms with Crippen LogP contribution in [0.5, 0.6) is 5.75 Å². The lowest BCUT2D eigenvalue weighted by atomic mass is 9.88. The minimum atomic E-state index is -0.674. The summed E-state index contributed by atoms with van der Waals surface area (Å²) in [7, 11) is 0. The van der Waals surface area contributed by atoms with Gasteiger partial charge in [-0.1, -0.05) is 19.3 Å². The number of carbonyl (C=O) groups is 1. The quantitative estimate of drug-likeness (QED) is 0.317. The van der Waals surface area contributed by atoms with E-state index in [2.05, 4.69) is 11.2 Å². The van der Waals surface area contributed by atoms with Gasteiger partial charge in [0.05, 0.1) is 6.61 Å². The Morgan fingerprint density at radius 1 is 1.18 bits per heavy atom. The van der Waals surface area contributed by atoms with Gasteiger partial charge in [0, 0.05) is 29.9 Å². The molecule has 1 aromatic heterocycles. The van der Waals surface area contributed by atoms with E-state index in [-0.39, 0.29) is 11.5 Å². The molecule has 0 aliphatic heterocycles. The first-order chi connectivity index (χ1) is 16.1. The Kier molecular flexibility index (Phi) is 10.6. The van der Waals surface area contributed by atoms with Crippen LogP contribution in [0.1, 0.15) is 64.2 Å². The van der Waals surface area contributed by atoms with Crippen molar-refractivity contribution in [3.63, 3.8) is 0 Å². The van der Waals surface area contributed by atoms with E-state index in [1.807, 2.05) is 18.2 Å². The zero-order valence-electron chi connectivity index (χ0n) is 19.8. The fourth-order valence-corrected chi connectivity index (χ4v) is 4.99. The fraction of sp³-hybridized carbons (Fsp3) is 0.615. The molecule has 33 heavy (non-hydrogen) atoms. The van der Waals surface area contributed by atoms with Gasteiger partial charge in [-0.25, -0.2) is 0 Å². The van der Waals surface area contributed by atoms with E-state index >= 15 is 0 Å². The molecule has 1 amide bonds. The second-order valence-corrected chi connectivity index (χ2v) is 10.0. The van der Waals surface area contributed by atoms with Gasteiger partial charge in [-0.15, -0.1) is 0 Å². The van der Waals surface area contributed by atoms with E-state index in [4.69, 9.17) is 4.74 Å². The van der Waals surface area contributed by atoms with Gasteiger partial charge in [0.1, 0.15) is 12.0 Å². The molecule has 1 aliphatic rings. The molecule has 1 aliphatic carbocycles. The normalized spacial score (nSPS) is 15.5. The fourth-order valence-electron chi connectivity index (χ4n) is 4.54. The van der Waals surface area contributed by atoms with Gasteiger partial charge < -0.3 is 19.7 Å². The van der Waals surface area contributed by atoms with Gasteiger partial charge in [-0.3, -0.25) is 9.59 Å². The van der Waals surface area contributed by atoms with Crippen LogP contribution in [0, 0.1) is 5.92 Å². The van der Waals surface area contributed by atoms with Crippen molar-refractivity contribution in [2.45, 2.75) is 70.4 Å². The molecule has 1 aromatic carbocycles. The van der Waals surface area contributed by atoms with E-state index in [0.717, 1.165) is 54.5 Å². The molecule has 1 unspecified atom stereocenters. The molecule has 0 bridgehead atoms. The number of ether oxygens (including phenoxy) is 1. The average molecular weight is 475 g/mol. The Bertz CT molecular complexity index is 926. The molecule has 0 spiro atoms. The number of thioether (sulfide) groups is 1. The van der Waals surface area contributed by atoms with Crippen molar-refractivity contribution in [1.82, 2.24) is 9.88 Å². The van der Waals surface area contributed by atoms with Crippen LogP contribution in [0.4, 0.5) is 0 Å². The van der Waals surface area contributed by atoms with Gasteiger partial charge in [-0.2, -0.15) is 11.8 Å². The number of H-pyrrole nitrogens is 1. The average Bonchev–Trinajstić information content (AvgIpc) is 2.83. The molecule has 0 radical (unpaired) electrons. The highest BCUT2D eigenvalue weighted by atomic mass is 32.2. The van der Waals surface area contributed by atoms with Crippen LogP contribution in [0.2, 0.25) is 0 Å². The van der Waals surface area contributed by atoms with E-state index in [9.17, 15) is 14.7 Å². The third-order valence-electron chi connectivity index (χ3n) is 6.42. The monoisotopic (exact) mass is 474 g/mol. The Labute approximate surface area is 201 Å². The summed E-state index contributed by atoms with van der Waals surface area (Å²) in [5.41, 5.74) is 0.669. The lowest BCUT2D eigenvalue weighted by molar-refractivity contribution is -0.143. The second-order valence-electron chi connectivity index (χ2n) is 9.04. The van der Waals surface area contributed by atoms with E-state index in [0.29, 0.717) is 31.9 Å². The predicted molar refractivity (Wildman–Crippen MR) is 136 cm³/mol. The summed E-state index contributed by atoms with van der Waals surface area (Å²) in [5, 5.41) is 11.7. The predicted octanol–water partition coefficient (Wildman–Crippen LogP) is 4.95. The Morgan fingerprint density at radius 2 is 2.00 bits per heavy atom. The standard InChI is InChI=1S/C26H38N2O4S/c1-33-17-7-11-26(31)28(19-20-8-3-2-4-9-20)25(30)10-5-6-16-32-22-13-14-23-21(18-22)12-15-24(29)27-23/h12-15,18,20,26,31H,2-11,16-17,19H2,1H3,(H,27,29). The zero-order chi connectivity index (χ0) is 23.5. The molecule has 3 rings (SSSR count). The summed E-state index contributed by atoms with van der Waals surface area (Å²) in [5.74, 6) is 2.34. The second kappa shape index (κ2) is 13.7. The number of unbranched alkanes of at least 4 members (excludes halogenated alkanes) is 1. The van der Waals surface area contributed by atoms with E-state index < -0.39 is 6.23 Å². The third kappa shape index (κ3) is 8.38. The summed E-state index contributed by atoms with van der Waals surface area (Å²) in [6.07, 6.45) is 11.0. The van der Waals surface area contributed by atoms with Crippen molar-refractivity contribution in [2.75, 3.05) is 25.2 Å². The highest BCUT2D eigenvalue weighted by Crippen LogP contribution is 2.26. The largest absolute Gasteiger partial charge is 0.494 e. The highest BCUT2D eigenvalue weighted by molar-refractivity contribution is 7.98. The third-order valence-corrected chi connectivity index (χ3v) is 7.12. The Morgan fingerprint density at radius 3 is 2.79 bits per heavy atom. The summed E-state index contributed by atoms with van der Waals surface area (Å²) in [6, 6.07) is 8.89. The number of rotatable bonds is 13. The molecule has 1 heterocycles. The van der Waals surface area contributed by atoms with Crippen LogP contribution in [0.25, 0.3) is 10.9 Å². The van der Waals surface area contributed by atoms with Gasteiger partial charge in [0.2, 0.25) is 11.5 Å². The number of nitrogens with one attached hydrogen (secondary N) is 1. The Hall–Kier alpha value is -1.99. The SMILES string of the molecule is CSCCCC(O)N(CC1CCCCC1)C(=O)CCCCOc1ccc2[nH]c(=O)ccc2c1. The van der Waals surface area contributed by atoms with Crippen LogP contribution in [-0.2, 0) is 4.79 Å². The molecule has 6 nitrogen and oxygen atoms in total. The summed E-state index contributed by atoms with van der Waals surface area (Å²) < 4.78 is 5.85. The summed E-state index contributed by atoms with van der Waals surface area (Å²) >= 11 is 1.77. The molecular weight excluding hydrogens is 436 g/mol. The molecule has 182 valence electrons. The van der Waals surface area contributed by atoms with Crippen LogP contribution in [0.3, 0.4) is 0 Å². The number of aliphatic hydroxyl groups is 1. The first-order valence-corrected chi connectivity index (χ1v) is 13.7. The molecule has 1 atom stereocenters. The van der Waals surface area contributed by atoms with Crippen molar-refractivity contribution in [3.8, 4) is 5.75 Å². The first-order valence-electron chi connectivity index (χ1n) is 12.3. The highest BCUT2D eigenvalue weighted by Gasteiger charge is 2.25. The number of benzene rings is 1. The Balaban J connectivity index is 1.45. The van der Waals surface area contributed by atoms with E-state index in [1.54, 1.807) is 22.7 Å². The van der Waals surface area contributed by atoms with Gasteiger partial charge in [-0.05, 0) is 80.7 Å². The van der Waals surface area contributed by atoms with Crippen LogP contribution in [0.15, 0.2) is 35.1 Å². The lowest BCUT2D eigenvalue weighted by Crippen LogP contribution is -2.43. The van der Waals surface area contributed by atoms with Crippen molar-refractivity contribution >= 4 is 28.6 Å². The zero-order valence-corrected chi connectivity index (χ0v) is 20.6. The van der Waals surface area contributed by atoms with Crippen molar-refractivity contribution in [1.29, 1.82) is 0 Å². The number of fused-ring (bicyclic) bond motifs is 1. The number of aromatic amines is 1. The lowest BCUT2D eigenvalue weighted by Gasteiger charge is -2.33. The molecular formula is C26H38N2O4S. The molecule has 2 aromatic rings. The number of hydrogen-bond donors (Lipinski definition) is 2. The molecule has 0 saturated heterocycles. The smallest absolute Gasteiger partial charge is 0.248 e. The molecule has 1 fully saturated rings. The van der Waals surface area contributed by atoms with Crippen LogP contribution < -0.4 is 10.3 Å². The number of aromatic nitrogens is 1. The first kappa shape index (κ1) is 25.6. The van der Waals surface area contributed by atoms with Gasteiger partial charge >= 0.3 is 0 Å². The number of pyridine rings is 1. The number of aliphatic hydroxyl groups excluding tert-OH is 1. The number of carbonyl (C=O) groups excluding carboxylic acids is 1. The molecule has 2 N–H and O–H groups in total. The van der Waals surface area contributed by atoms with Crippen molar-refractivity contribution in [3.05, 3.63) is 40.7 Å². The van der Waals surface area contributed by atoms with E-state index in [1.165, 1.54) is 25.3 Å². The maximum atomic E-state index is 13.0. The number of nitrogens with zero attached hydrogens (tertiary/aromatic N) is 1. The minimum absolute atomic E-state index is 0.0619. The van der Waals surface area contributed by atoms with Crippen LogP contribution in [-0.4, -0.2) is 52.3 Å². The van der Waals surface area contributed by atoms with Gasteiger partial charge in [0.25, 0.3) is 0 Å². The molecule has 7 heteroatoms. The summed E-state index contributed by atoms with van der Waals surface area (Å²) in [4.78, 5) is 28.9. The number of hydrogen-bond acceptors (Lipinski definition) is 5. The maximum Gasteiger partial charge on any atom is 0.248 e. The number of amides is 1. The topological polar surface area (TPSA) is 82.6 Å². The minimum Gasteiger partial charge on any atom is -0.494 e.